The van der Waals surface area contributed by atoms with Gasteiger partial charge in [0.1, 0.15) is 5.84 Å². The van der Waals surface area contributed by atoms with E-state index < -0.39 is 0 Å². The van der Waals surface area contributed by atoms with Crippen LogP contribution in [0.4, 0.5) is 0 Å². The van der Waals surface area contributed by atoms with Gasteiger partial charge in [0.25, 0.3) is 0 Å². The van der Waals surface area contributed by atoms with Crippen LogP contribution in [-0.4, -0.2) is 28.3 Å². The number of hydrogen-bond donors (Lipinski definition) is 2. The largest absolute Gasteiger partial charge is 0.386 e. The fourth-order valence-corrected chi connectivity index (χ4v) is 1.84. The number of nitrogens with two attached hydrogens (primary N) is 1. The van der Waals surface area contributed by atoms with Crippen LogP contribution in [0.25, 0.3) is 0 Å². The van der Waals surface area contributed by atoms with Gasteiger partial charge >= 0.3 is 0 Å². The van der Waals surface area contributed by atoms with Crippen LogP contribution in [0.15, 0.2) is 24.5 Å². The maximum absolute atomic E-state index is 7.57. The highest BCUT2D eigenvalue weighted by Gasteiger charge is 2.17. The van der Waals surface area contributed by atoms with Crippen molar-refractivity contribution in [2.45, 2.75) is 32.9 Å². The molecule has 1 heterocycles. The number of hydrogen-bond acceptors (Lipinski definition) is 3. The number of aromatic nitrogens is 1. The summed E-state index contributed by atoms with van der Waals surface area (Å²) in [5.41, 5.74) is 6.81. The van der Waals surface area contributed by atoms with Crippen molar-refractivity contribution in [3.8, 4) is 0 Å². The van der Waals surface area contributed by atoms with Gasteiger partial charge in [0, 0.05) is 18.9 Å². The standard InChI is InChI=1S/C12H20N4/c1-3-11(12(13)14)16(4-2)9-10-5-7-15-8-6-10/h5-8,11H,3-4,9H2,1-2H3,(H3,13,14). The van der Waals surface area contributed by atoms with Gasteiger partial charge in [-0.2, -0.15) is 0 Å². The molecule has 4 nitrogen and oxygen atoms in total. The van der Waals surface area contributed by atoms with Crippen molar-refractivity contribution in [3.05, 3.63) is 30.1 Å². The fraction of sp³-hybridized carbons (Fsp3) is 0.500. The van der Waals surface area contributed by atoms with E-state index in [4.69, 9.17) is 11.1 Å². The first-order chi connectivity index (χ1) is 7.69. The number of likely N-dealkylation sites (N-methyl/N-ethyl adjacent to an activating group) is 1. The number of nitrogens with one attached hydrogen (secondary N) is 1. The van der Waals surface area contributed by atoms with E-state index in [2.05, 4.69) is 23.7 Å². The zero-order valence-electron chi connectivity index (χ0n) is 9.98. The zero-order valence-corrected chi connectivity index (χ0v) is 9.98. The zero-order chi connectivity index (χ0) is 12.0. The number of rotatable bonds is 6. The summed E-state index contributed by atoms with van der Waals surface area (Å²) >= 11 is 0. The van der Waals surface area contributed by atoms with Gasteiger partial charge in [-0.25, -0.2) is 0 Å². The molecule has 88 valence electrons. The predicted molar refractivity (Wildman–Crippen MR) is 66.3 cm³/mol. The minimum Gasteiger partial charge on any atom is -0.386 e. The van der Waals surface area contributed by atoms with Crippen molar-refractivity contribution >= 4 is 5.84 Å². The lowest BCUT2D eigenvalue weighted by Gasteiger charge is -2.28. The Morgan fingerprint density at radius 1 is 1.44 bits per heavy atom. The van der Waals surface area contributed by atoms with E-state index in [1.54, 1.807) is 12.4 Å². The third-order valence-corrected chi connectivity index (χ3v) is 2.73. The van der Waals surface area contributed by atoms with Crippen molar-refractivity contribution in [1.29, 1.82) is 5.41 Å². The Morgan fingerprint density at radius 3 is 2.50 bits per heavy atom. The molecule has 1 unspecified atom stereocenters. The summed E-state index contributed by atoms with van der Waals surface area (Å²) in [6.07, 6.45) is 4.45. The molecular weight excluding hydrogens is 200 g/mol. The Balaban J connectivity index is 2.71. The Labute approximate surface area is 97.0 Å². The van der Waals surface area contributed by atoms with Crippen molar-refractivity contribution in [2.24, 2.45) is 5.73 Å². The summed E-state index contributed by atoms with van der Waals surface area (Å²) in [5.74, 6) is 0.249. The van der Waals surface area contributed by atoms with Gasteiger partial charge in [0.05, 0.1) is 6.04 Å². The maximum atomic E-state index is 7.57. The van der Waals surface area contributed by atoms with Crippen LogP contribution in [0.1, 0.15) is 25.8 Å². The van der Waals surface area contributed by atoms with Crippen molar-refractivity contribution < 1.29 is 0 Å². The second kappa shape index (κ2) is 6.23. The Kier molecular flexibility index (Phi) is 4.92. The molecule has 0 amide bonds. The summed E-state index contributed by atoms with van der Waals surface area (Å²) in [6, 6.07) is 4.03. The highest BCUT2D eigenvalue weighted by atomic mass is 15.2. The van der Waals surface area contributed by atoms with E-state index in [-0.39, 0.29) is 11.9 Å². The summed E-state index contributed by atoms with van der Waals surface area (Å²) < 4.78 is 0. The molecule has 0 aromatic carbocycles. The lowest BCUT2D eigenvalue weighted by Crippen LogP contribution is -2.43. The molecule has 0 saturated heterocycles. The highest BCUT2D eigenvalue weighted by molar-refractivity contribution is 5.82. The van der Waals surface area contributed by atoms with Gasteiger partial charge in [-0.3, -0.25) is 15.3 Å². The van der Waals surface area contributed by atoms with Crippen LogP contribution in [0.2, 0.25) is 0 Å². The monoisotopic (exact) mass is 220 g/mol. The minimum absolute atomic E-state index is 0.0400. The number of amidine groups is 1. The summed E-state index contributed by atoms with van der Waals surface area (Å²) in [4.78, 5) is 6.20. The first kappa shape index (κ1) is 12.6. The van der Waals surface area contributed by atoms with Crippen LogP contribution >= 0.6 is 0 Å². The molecule has 1 aromatic heterocycles. The second-order valence-electron chi connectivity index (χ2n) is 3.80. The molecule has 0 aliphatic carbocycles. The van der Waals surface area contributed by atoms with Gasteiger partial charge in [-0.05, 0) is 30.7 Å². The van der Waals surface area contributed by atoms with E-state index in [0.29, 0.717) is 0 Å². The first-order valence-electron chi connectivity index (χ1n) is 5.65. The van der Waals surface area contributed by atoms with E-state index >= 15 is 0 Å². The molecule has 0 saturated carbocycles. The summed E-state index contributed by atoms with van der Waals surface area (Å²) in [7, 11) is 0. The number of nitrogens with zero attached hydrogens (tertiary/aromatic N) is 2. The van der Waals surface area contributed by atoms with Gasteiger partial charge in [-0.15, -0.1) is 0 Å². The van der Waals surface area contributed by atoms with Crippen molar-refractivity contribution in [2.75, 3.05) is 6.54 Å². The molecule has 0 bridgehead atoms. The molecule has 1 aromatic rings. The average molecular weight is 220 g/mol. The van der Waals surface area contributed by atoms with E-state index in [0.717, 1.165) is 19.5 Å². The van der Waals surface area contributed by atoms with E-state index in [9.17, 15) is 0 Å². The molecule has 16 heavy (non-hydrogen) atoms. The van der Waals surface area contributed by atoms with Gasteiger partial charge in [0.15, 0.2) is 0 Å². The van der Waals surface area contributed by atoms with E-state index in [1.807, 2.05) is 12.1 Å². The summed E-state index contributed by atoms with van der Waals surface area (Å²) in [5, 5.41) is 7.57. The summed E-state index contributed by atoms with van der Waals surface area (Å²) in [6.45, 7) is 5.85. The smallest absolute Gasteiger partial charge is 0.108 e. The minimum atomic E-state index is 0.0400. The van der Waals surface area contributed by atoms with Gasteiger partial charge in [0.2, 0.25) is 0 Å². The SMILES string of the molecule is CCC(C(=N)N)N(CC)Cc1ccncc1. The maximum Gasteiger partial charge on any atom is 0.108 e. The van der Waals surface area contributed by atoms with Crippen molar-refractivity contribution in [3.63, 3.8) is 0 Å². The fourth-order valence-electron chi connectivity index (χ4n) is 1.84. The van der Waals surface area contributed by atoms with Crippen LogP contribution in [0.5, 0.6) is 0 Å². The molecular formula is C12H20N4. The highest BCUT2D eigenvalue weighted by Crippen LogP contribution is 2.09. The molecule has 1 atom stereocenters. The molecule has 3 N–H and O–H groups in total. The van der Waals surface area contributed by atoms with Gasteiger partial charge < -0.3 is 5.73 Å². The normalized spacial score (nSPS) is 12.7. The van der Waals surface area contributed by atoms with Crippen LogP contribution < -0.4 is 5.73 Å². The third-order valence-electron chi connectivity index (χ3n) is 2.73. The first-order valence-corrected chi connectivity index (χ1v) is 5.65. The molecule has 1 rings (SSSR count). The second-order valence-corrected chi connectivity index (χ2v) is 3.80. The van der Waals surface area contributed by atoms with Crippen LogP contribution in [-0.2, 0) is 6.54 Å². The molecule has 0 aliphatic rings. The topological polar surface area (TPSA) is 66.0 Å². The average Bonchev–Trinajstić information content (AvgIpc) is 2.29. The lowest BCUT2D eigenvalue weighted by atomic mass is 10.1. The lowest BCUT2D eigenvalue weighted by molar-refractivity contribution is 0.239. The predicted octanol–water partition coefficient (Wildman–Crippen LogP) is 1.62. The molecule has 0 aliphatic heterocycles. The Bertz CT molecular complexity index is 323. The Morgan fingerprint density at radius 2 is 2.06 bits per heavy atom. The molecule has 0 radical (unpaired) electrons. The van der Waals surface area contributed by atoms with E-state index in [1.165, 1.54) is 5.56 Å². The van der Waals surface area contributed by atoms with Crippen LogP contribution in [0.3, 0.4) is 0 Å². The third kappa shape index (κ3) is 3.31. The quantitative estimate of drug-likeness (QED) is 0.565. The van der Waals surface area contributed by atoms with Crippen LogP contribution in [0, 0.1) is 5.41 Å². The molecule has 4 heteroatoms. The number of pyridine rings is 1. The van der Waals surface area contributed by atoms with Crippen molar-refractivity contribution in [1.82, 2.24) is 9.88 Å². The van der Waals surface area contributed by atoms with Gasteiger partial charge in [-0.1, -0.05) is 13.8 Å². The molecule has 0 fully saturated rings. The molecule has 0 spiro atoms. The Hall–Kier alpha value is -1.42.